The second-order valence-corrected chi connectivity index (χ2v) is 7.32. The van der Waals surface area contributed by atoms with Crippen molar-refractivity contribution in [3.8, 4) is 23.0 Å². The number of hydrogen-bond acceptors (Lipinski definition) is 5. The van der Waals surface area contributed by atoms with Crippen LogP contribution in [0.4, 0.5) is 10.1 Å². The van der Waals surface area contributed by atoms with Crippen LogP contribution in [0.25, 0.3) is 0 Å². The van der Waals surface area contributed by atoms with E-state index >= 15 is 0 Å². The summed E-state index contributed by atoms with van der Waals surface area (Å²) in [6.07, 6.45) is 0. The van der Waals surface area contributed by atoms with Crippen molar-refractivity contribution in [2.75, 3.05) is 33.3 Å². The molecule has 166 valence electrons. The number of benzene rings is 3. The van der Waals surface area contributed by atoms with Gasteiger partial charge in [0.1, 0.15) is 0 Å². The van der Waals surface area contributed by atoms with Gasteiger partial charge in [0.15, 0.2) is 23.1 Å². The van der Waals surface area contributed by atoms with Crippen molar-refractivity contribution in [1.82, 2.24) is 0 Å². The van der Waals surface area contributed by atoms with Crippen LogP contribution in [0.15, 0.2) is 60.7 Å². The van der Waals surface area contributed by atoms with Crippen molar-refractivity contribution in [2.45, 2.75) is 12.0 Å². The molecular formula is C25H24FNO5. The molecule has 1 aliphatic rings. The molecule has 0 radical (unpaired) electrons. The monoisotopic (exact) mass is 437 g/mol. The number of carbonyl (C=O) groups excluding carboxylic acids is 1. The van der Waals surface area contributed by atoms with Crippen LogP contribution in [-0.4, -0.2) is 34.3 Å². The van der Waals surface area contributed by atoms with Crippen LogP contribution in [0.1, 0.15) is 23.1 Å². The summed E-state index contributed by atoms with van der Waals surface area (Å²) in [6, 6.07) is 17.2. The molecule has 0 aliphatic carbocycles. The third-order valence-corrected chi connectivity index (χ3v) is 5.70. The summed E-state index contributed by atoms with van der Waals surface area (Å²) in [4.78, 5) is 15.0. The molecule has 1 aliphatic heterocycles. The number of hydrogen-bond donors (Lipinski definition) is 0. The zero-order valence-electron chi connectivity index (χ0n) is 18.3. The second kappa shape index (κ2) is 8.78. The minimum Gasteiger partial charge on any atom is -0.494 e. The Labute approximate surface area is 186 Å². The molecule has 3 aromatic rings. The summed E-state index contributed by atoms with van der Waals surface area (Å²) in [5.41, 5.74) is 2.09. The molecule has 0 N–H and O–H groups in total. The second-order valence-electron chi connectivity index (χ2n) is 7.32. The van der Waals surface area contributed by atoms with Crippen LogP contribution in [-0.2, 0) is 4.79 Å². The van der Waals surface area contributed by atoms with Crippen LogP contribution >= 0.6 is 0 Å². The van der Waals surface area contributed by atoms with Crippen molar-refractivity contribution < 1.29 is 28.1 Å². The minimum absolute atomic E-state index is 0.105. The number of nitrogens with zero attached hydrogens (tertiary/aromatic N) is 1. The Morgan fingerprint density at radius 2 is 1.38 bits per heavy atom. The highest BCUT2D eigenvalue weighted by Crippen LogP contribution is 2.52. The largest absolute Gasteiger partial charge is 0.494 e. The molecule has 3 aromatic carbocycles. The van der Waals surface area contributed by atoms with Gasteiger partial charge in [0.25, 0.3) is 0 Å². The molecule has 1 fully saturated rings. The van der Waals surface area contributed by atoms with Crippen molar-refractivity contribution in [3.63, 3.8) is 0 Å². The van der Waals surface area contributed by atoms with Crippen LogP contribution in [0, 0.1) is 5.82 Å². The Bertz CT molecular complexity index is 1110. The SMILES string of the molecule is COc1ccc([C@H]2[C@H](c3ccccc3)C(=O)N2c2cc(OC)c(OC)c(OC)c2)cc1F. The number of carbonyl (C=O) groups is 1. The molecule has 0 bridgehead atoms. The van der Waals surface area contributed by atoms with E-state index in [-0.39, 0.29) is 11.7 Å². The maximum atomic E-state index is 14.6. The van der Waals surface area contributed by atoms with Crippen molar-refractivity contribution >= 4 is 11.6 Å². The first-order valence-corrected chi connectivity index (χ1v) is 10.1. The van der Waals surface area contributed by atoms with Gasteiger partial charge in [-0.25, -0.2) is 4.39 Å². The fraction of sp³-hybridized carbons (Fsp3) is 0.240. The van der Waals surface area contributed by atoms with Crippen molar-refractivity contribution in [3.05, 3.63) is 77.6 Å². The zero-order chi connectivity index (χ0) is 22.8. The van der Waals surface area contributed by atoms with E-state index in [0.29, 0.717) is 28.5 Å². The lowest BCUT2D eigenvalue weighted by molar-refractivity contribution is -0.126. The normalized spacial score (nSPS) is 17.5. The smallest absolute Gasteiger partial charge is 0.237 e. The molecule has 2 atom stereocenters. The van der Waals surface area contributed by atoms with Crippen LogP contribution < -0.4 is 23.8 Å². The standard InChI is InChI=1S/C25H24FNO5/c1-29-19-11-10-16(12-18(19)26)23-22(15-8-6-5-7-9-15)25(28)27(23)17-13-20(30-2)24(32-4)21(14-17)31-3/h5-14,22-23H,1-4H3/t22-,23-/m0/s1. The van der Waals surface area contributed by atoms with E-state index in [2.05, 4.69) is 0 Å². The fourth-order valence-electron chi connectivity index (χ4n) is 4.18. The van der Waals surface area contributed by atoms with Gasteiger partial charge in [0.05, 0.1) is 46.1 Å². The molecule has 6 nitrogen and oxygen atoms in total. The van der Waals surface area contributed by atoms with E-state index in [1.165, 1.54) is 34.5 Å². The predicted molar refractivity (Wildman–Crippen MR) is 118 cm³/mol. The summed E-state index contributed by atoms with van der Waals surface area (Å²) in [6.45, 7) is 0. The lowest BCUT2D eigenvalue weighted by Gasteiger charge is -2.48. The highest BCUT2D eigenvalue weighted by Gasteiger charge is 2.50. The highest BCUT2D eigenvalue weighted by molar-refractivity contribution is 6.07. The molecule has 1 amide bonds. The maximum Gasteiger partial charge on any atom is 0.237 e. The molecule has 0 unspecified atom stereocenters. The van der Waals surface area contributed by atoms with E-state index in [1.54, 1.807) is 29.2 Å². The van der Waals surface area contributed by atoms with Gasteiger partial charge >= 0.3 is 0 Å². The number of halogens is 1. The van der Waals surface area contributed by atoms with E-state index in [4.69, 9.17) is 18.9 Å². The van der Waals surface area contributed by atoms with Gasteiger partial charge < -0.3 is 23.8 Å². The number of β-lactam (4-membered cyclic amide) rings is 1. The van der Waals surface area contributed by atoms with Gasteiger partial charge in [-0.3, -0.25) is 4.79 Å². The molecular weight excluding hydrogens is 413 g/mol. The van der Waals surface area contributed by atoms with Crippen LogP contribution in [0.2, 0.25) is 0 Å². The predicted octanol–water partition coefficient (Wildman–Crippen LogP) is 4.73. The number of anilines is 1. The average Bonchev–Trinajstić information content (AvgIpc) is 2.82. The van der Waals surface area contributed by atoms with Crippen LogP contribution in [0.3, 0.4) is 0 Å². The Hall–Kier alpha value is -3.74. The Morgan fingerprint density at radius 1 is 0.750 bits per heavy atom. The quantitative estimate of drug-likeness (QED) is 0.500. The van der Waals surface area contributed by atoms with Crippen LogP contribution in [0.5, 0.6) is 23.0 Å². The molecule has 0 spiro atoms. The first-order valence-electron chi connectivity index (χ1n) is 10.1. The number of methoxy groups -OCH3 is 4. The summed E-state index contributed by atoms with van der Waals surface area (Å²) in [5, 5.41) is 0. The lowest BCUT2D eigenvalue weighted by atomic mass is 9.77. The fourth-order valence-corrected chi connectivity index (χ4v) is 4.18. The van der Waals surface area contributed by atoms with Crippen molar-refractivity contribution in [2.24, 2.45) is 0 Å². The van der Waals surface area contributed by atoms with E-state index < -0.39 is 17.8 Å². The molecule has 0 saturated carbocycles. The Balaban J connectivity index is 1.84. The summed E-state index contributed by atoms with van der Waals surface area (Å²) >= 11 is 0. The van der Waals surface area contributed by atoms with Gasteiger partial charge in [-0.1, -0.05) is 36.4 Å². The van der Waals surface area contributed by atoms with E-state index in [9.17, 15) is 9.18 Å². The first-order chi connectivity index (χ1) is 15.5. The maximum absolute atomic E-state index is 14.6. The molecule has 1 saturated heterocycles. The third kappa shape index (κ3) is 3.49. The number of ether oxygens (including phenoxy) is 4. The van der Waals surface area contributed by atoms with E-state index in [0.717, 1.165) is 5.56 Å². The molecule has 7 heteroatoms. The topological polar surface area (TPSA) is 57.2 Å². The van der Waals surface area contributed by atoms with Gasteiger partial charge in [-0.05, 0) is 23.3 Å². The Morgan fingerprint density at radius 3 is 1.91 bits per heavy atom. The Kier molecular flexibility index (Phi) is 5.90. The van der Waals surface area contributed by atoms with Gasteiger partial charge in [-0.2, -0.15) is 0 Å². The first kappa shape index (κ1) is 21.5. The summed E-state index contributed by atoms with van der Waals surface area (Å²) < 4.78 is 35.9. The zero-order valence-corrected chi connectivity index (χ0v) is 18.3. The number of amides is 1. The molecule has 4 rings (SSSR count). The molecule has 0 aromatic heterocycles. The lowest BCUT2D eigenvalue weighted by Crippen LogP contribution is -2.53. The van der Waals surface area contributed by atoms with Gasteiger partial charge in [-0.15, -0.1) is 0 Å². The molecule has 1 heterocycles. The highest BCUT2D eigenvalue weighted by atomic mass is 19.1. The van der Waals surface area contributed by atoms with E-state index in [1.807, 2.05) is 30.3 Å². The summed E-state index contributed by atoms with van der Waals surface area (Å²) in [5.74, 6) is 0.388. The van der Waals surface area contributed by atoms with Gasteiger partial charge in [0.2, 0.25) is 11.7 Å². The minimum atomic E-state index is -0.485. The summed E-state index contributed by atoms with van der Waals surface area (Å²) in [7, 11) is 5.97. The third-order valence-electron chi connectivity index (χ3n) is 5.70. The van der Waals surface area contributed by atoms with Gasteiger partial charge in [0, 0.05) is 12.1 Å². The molecule has 32 heavy (non-hydrogen) atoms. The average molecular weight is 437 g/mol. The van der Waals surface area contributed by atoms with Crippen molar-refractivity contribution in [1.29, 1.82) is 0 Å². The number of rotatable bonds is 7.